The molecule has 0 spiro atoms. The smallest absolute Gasteiger partial charge is 0.135 e. The van der Waals surface area contributed by atoms with Gasteiger partial charge in [0, 0.05) is 12.1 Å². The van der Waals surface area contributed by atoms with Crippen LogP contribution in [0, 0.1) is 0 Å². The fraction of sp³-hybridized carbons (Fsp3) is 0.667. The molecular weight excluding hydrogens is 216 g/mol. The first kappa shape index (κ1) is 13.7. The van der Waals surface area contributed by atoms with E-state index in [2.05, 4.69) is 27.5 Å². The Labute approximate surface area is 103 Å². The normalized spacial score (nSPS) is 12.2. The predicted molar refractivity (Wildman–Crippen MR) is 70.4 cm³/mol. The Morgan fingerprint density at radius 1 is 1.24 bits per heavy atom. The van der Waals surface area contributed by atoms with Gasteiger partial charge in [0.2, 0.25) is 0 Å². The Morgan fingerprint density at radius 2 is 1.94 bits per heavy atom. The number of aliphatic hydroxyl groups excluding tert-OH is 1. The Balaban J connectivity index is 2.93. The third-order valence-electron chi connectivity index (χ3n) is 2.70. The molecule has 0 radical (unpaired) electrons. The molecule has 0 bridgehead atoms. The quantitative estimate of drug-likeness (QED) is 0.674. The molecule has 1 aromatic heterocycles. The van der Waals surface area contributed by atoms with Crippen LogP contribution in [0.1, 0.15) is 32.8 Å². The van der Waals surface area contributed by atoms with Crippen LogP contribution in [-0.2, 0) is 6.42 Å². The minimum absolute atomic E-state index is 0.0460. The first-order chi connectivity index (χ1) is 8.26. The fourth-order valence-electron chi connectivity index (χ4n) is 1.66. The van der Waals surface area contributed by atoms with Crippen molar-refractivity contribution in [3.63, 3.8) is 0 Å². The molecule has 0 fully saturated rings. The van der Waals surface area contributed by atoms with Gasteiger partial charge < -0.3 is 15.7 Å². The standard InChI is InChI=1S/C12H22N4O/c1-4-9(7-17)16-12-10(5-2)11(13-6-3)14-8-15-12/h8-9,17H,4-7H2,1-3H3,(H2,13,14,15,16). The van der Waals surface area contributed by atoms with Gasteiger partial charge in [-0.25, -0.2) is 9.97 Å². The topological polar surface area (TPSA) is 70.1 Å². The largest absolute Gasteiger partial charge is 0.394 e. The Hall–Kier alpha value is -1.36. The van der Waals surface area contributed by atoms with Crippen molar-refractivity contribution < 1.29 is 5.11 Å². The van der Waals surface area contributed by atoms with Crippen LogP contribution < -0.4 is 10.6 Å². The van der Waals surface area contributed by atoms with Crippen molar-refractivity contribution in [2.45, 2.75) is 39.7 Å². The number of hydrogen-bond acceptors (Lipinski definition) is 5. The van der Waals surface area contributed by atoms with Crippen molar-refractivity contribution >= 4 is 11.6 Å². The number of aliphatic hydroxyl groups is 1. The third-order valence-corrected chi connectivity index (χ3v) is 2.70. The summed E-state index contributed by atoms with van der Waals surface area (Å²) in [5.74, 6) is 1.69. The Morgan fingerprint density at radius 3 is 2.47 bits per heavy atom. The summed E-state index contributed by atoms with van der Waals surface area (Å²) >= 11 is 0. The van der Waals surface area contributed by atoms with Crippen LogP contribution in [-0.4, -0.2) is 34.3 Å². The molecule has 5 nitrogen and oxygen atoms in total. The summed E-state index contributed by atoms with van der Waals surface area (Å²) < 4.78 is 0. The summed E-state index contributed by atoms with van der Waals surface area (Å²) in [5, 5.41) is 15.7. The highest BCUT2D eigenvalue weighted by atomic mass is 16.3. The fourth-order valence-corrected chi connectivity index (χ4v) is 1.66. The molecule has 0 saturated carbocycles. The maximum atomic E-state index is 9.20. The van der Waals surface area contributed by atoms with Gasteiger partial charge in [-0.15, -0.1) is 0 Å². The number of aromatic nitrogens is 2. The molecule has 1 atom stereocenters. The average molecular weight is 238 g/mol. The van der Waals surface area contributed by atoms with Gasteiger partial charge in [0.05, 0.1) is 12.6 Å². The van der Waals surface area contributed by atoms with Crippen LogP contribution >= 0.6 is 0 Å². The highest BCUT2D eigenvalue weighted by Crippen LogP contribution is 2.21. The number of nitrogens with one attached hydrogen (secondary N) is 2. The molecule has 3 N–H and O–H groups in total. The lowest BCUT2D eigenvalue weighted by Crippen LogP contribution is -2.24. The highest BCUT2D eigenvalue weighted by Gasteiger charge is 2.12. The van der Waals surface area contributed by atoms with Crippen LogP contribution in [0.2, 0.25) is 0 Å². The van der Waals surface area contributed by atoms with Gasteiger partial charge in [-0.05, 0) is 19.8 Å². The van der Waals surface area contributed by atoms with Gasteiger partial charge in [-0.1, -0.05) is 13.8 Å². The lowest BCUT2D eigenvalue weighted by atomic mass is 10.2. The first-order valence-corrected chi connectivity index (χ1v) is 6.21. The SMILES string of the molecule is CCNc1ncnc(NC(CC)CO)c1CC. The van der Waals surface area contributed by atoms with Gasteiger partial charge in [-0.3, -0.25) is 0 Å². The molecule has 0 aliphatic heterocycles. The summed E-state index contributed by atoms with van der Waals surface area (Å²) in [6.07, 6.45) is 3.26. The molecule has 0 aliphatic rings. The number of hydrogen-bond donors (Lipinski definition) is 3. The molecule has 0 saturated heterocycles. The van der Waals surface area contributed by atoms with Crippen molar-refractivity contribution in [2.75, 3.05) is 23.8 Å². The molecule has 0 aromatic carbocycles. The van der Waals surface area contributed by atoms with Crippen LogP contribution in [0.3, 0.4) is 0 Å². The van der Waals surface area contributed by atoms with E-state index in [9.17, 15) is 5.11 Å². The molecule has 0 aliphatic carbocycles. The lowest BCUT2D eigenvalue weighted by molar-refractivity contribution is 0.271. The highest BCUT2D eigenvalue weighted by molar-refractivity contribution is 5.57. The summed E-state index contributed by atoms with van der Waals surface area (Å²) in [5.41, 5.74) is 1.07. The van der Waals surface area contributed by atoms with Gasteiger partial charge in [0.15, 0.2) is 0 Å². The van der Waals surface area contributed by atoms with E-state index < -0.39 is 0 Å². The zero-order chi connectivity index (χ0) is 12.7. The second kappa shape index (κ2) is 7.06. The van der Waals surface area contributed by atoms with Gasteiger partial charge in [0.25, 0.3) is 0 Å². The minimum atomic E-state index is 0.0460. The molecule has 17 heavy (non-hydrogen) atoms. The maximum Gasteiger partial charge on any atom is 0.135 e. The lowest BCUT2D eigenvalue weighted by Gasteiger charge is -2.18. The van der Waals surface area contributed by atoms with Gasteiger partial charge in [0.1, 0.15) is 18.0 Å². The van der Waals surface area contributed by atoms with E-state index in [-0.39, 0.29) is 12.6 Å². The Bertz CT molecular complexity index is 339. The molecule has 96 valence electrons. The number of rotatable bonds is 7. The zero-order valence-corrected chi connectivity index (χ0v) is 10.8. The van der Waals surface area contributed by atoms with E-state index in [0.29, 0.717) is 0 Å². The molecule has 1 aromatic rings. The van der Waals surface area contributed by atoms with Crippen molar-refractivity contribution in [3.05, 3.63) is 11.9 Å². The second-order valence-electron chi connectivity index (χ2n) is 3.87. The molecule has 1 unspecified atom stereocenters. The molecule has 1 heterocycles. The molecule has 5 heteroatoms. The summed E-state index contributed by atoms with van der Waals surface area (Å²) in [6.45, 7) is 7.09. The van der Waals surface area contributed by atoms with Crippen molar-refractivity contribution in [2.24, 2.45) is 0 Å². The van der Waals surface area contributed by atoms with Crippen molar-refractivity contribution in [1.82, 2.24) is 9.97 Å². The van der Waals surface area contributed by atoms with E-state index in [1.165, 1.54) is 0 Å². The molecular formula is C12H22N4O. The van der Waals surface area contributed by atoms with Gasteiger partial charge in [-0.2, -0.15) is 0 Å². The summed E-state index contributed by atoms with van der Waals surface area (Å²) in [7, 11) is 0. The summed E-state index contributed by atoms with van der Waals surface area (Å²) in [6, 6.07) is 0.0460. The van der Waals surface area contributed by atoms with E-state index in [4.69, 9.17) is 0 Å². The first-order valence-electron chi connectivity index (χ1n) is 6.21. The van der Waals surface area contributed by atoms with Crippen molar-refractivity contribution in [3.8, 4) is 0 Å². The van der Waals surface area contributed by atoms with Crippen LogP contribution in [0.25, 0.3) is 0 Å². The van der Waals surface area contributed by atoms with Crippen LogP contribution in [0.4, 0.5) is 11.6 Å². The average Bonchev–Trinajstić information content (AvgIpc) is 2.36. The van der Waals surface area contributed by atoms with E-state index in [1.807, 2.05) is 13.8 Å². The number of nitrogens with zero attached hydrogens (tertiary/aromatic N) is 2. The van der Waals surface area contributed by atoms with E-state index in [0.717, 1.165) is 36.6 Å². The number of anilines is 2. The van der Waals surface area contributed by atoms with Crippen LogP contribution in [0.5, 0.6) is 0 Å². The van der Waals surface area contributed by atoms with E-state index >= 15 is 0 Å². The predicted octanol–water partition coefficient (Wildman–Crippen LogP) is 1.65. The summed E-state index contributed by atoms with van der Waals surface area (Å²) in [4.78, 5) is 8.49. The molecule has 1 rings (SSSR count). The molecule has 0 amide bonds. The maximum absolute atomic E-state index is 9.20. The Kier molecular flexibility index (Phi) is 5.69. The third kappa shape index (κ3) is 3.56. The second-order valence-corrected chi connectivity index (χ2v) is 3.87. The van der Waals surface area contributed by atoms with Crippen LogP contribution in [0.15, 0.2) is 6.33 Å². The monoisotopic (exact) mass is 238 g/mol. The van der Waals surface area contributed by atoms with E-state index in [1.54, 1.807) is 6.33 Å². The van der Waals surface area contributed by atoms with Gasteiger partial charge >= 0.3 is 0 Å². The zero-order valence-electron chi connectivity index (χ0n) is 10.8. The minimum Gasteiger partial charge on any atom is -0.394 e. The van der Waals surface area contributed by atoms with Crippen molar-refractivity contribution in [1.29, 1.82) is 0 Å².